The zero-order valence-electron chi connectivity index (χ0n) is 13.8. The Labute approximate surface area is 138 Å². The molecule has 0 N–H and O–H groups in total. The van der Waals surface area contributed by atoms with Crippen molar-refractivity contribution in [2.45, 2.75) is 50.9 Å². The van der Waals surface area contributed by atoms with Crippen molar-refractivity contribution < 1.29 is 9.47 Å². The molecule has 2 aliphatic rings. The van der Waals surface area contributed by atoms with E-state index in [0.717, 1.165) is 38.7 Å². The number of hydrogen-bond donors (Lipinski definition) is 0. The highest BCUT2D eigenvalue weighted by Crippen LogP contribution is 2.40. The van der Waals surface area contributed by atoms with Crippen LogP contribution in [0, 0.1) is 6.92 Å². The van der Waals surface area contributed by atoms with Crippen LogP contribution in [0.5, 0.6) is 0 Å². The number of rotatable bonds is 3. The van der Waals surface area contributed by atoms with E-state index < -0.39 is 0 Å². The molecule has 0 radical (unpaired) electrons. The first-order valence-corrected chi connectivity index (χ1v) is 8.70. The van der Waals surface area contributed by atoms with Gasteiger partial charge >= 0.3 is 0 Å². The fourth-order valence-corrected chi connectivity index (χ4v) is 3.87. The van der Waals surface area contributed by atoms with E-state index in [-0.39, 0.29) is 5.79 Å². The number of hydrogen-bond acceptors (Lipinski definition) is 2. The van der Waals surface area contributed by atoms with E-state index in [1.54, 1.807) is 0 Å². The third-order valence-electron chi connectivity index (χ3n) is 5.04. The summed E-state index contributed by atoms with van der Waals surface area (Å²) in [5.41, 5.74) is 5.22. The summed E-state index contributed by atoms with van der Waals surface area (Å²) in [5, 5.41) is 0. The molecular weight excluding hydrogens is 284 g/mol. The van der Waals surface area contributed by atoms with Gasteiger partial charge in [0.05, 0.1) is 12.7 Å². The van der Waals surface area contributed by atoms with Crippen LogP contribution in [0.4, 0.5) is 0 Å². The second-order valence-electron chi connectivity index (χ2n) is 6.92. The van der Waals surface area contributed by atoms with Gasteiger partial charge in [0.1, 0.15) is 0 Å². The van der Waals surface area contributed by atoms with Crippen molar-refractivity contribution in [1.29, 1.82) is 0 Å². The zero-order valence-corrected chi connectivity index (χ0v) is 13.8. The maximum absolute atomic E-state index is 6.26. The van der Waals surface area contributed by atoms with E-state index in [9.17, 15) is 0 Å². The van der Waals surface area contributed by atoms with Crippen LogP contribution in [0.1, 0.15) is 36.8 Å². The molecule has 120 valence electrons. The Bertz CT molecular complexity index is 686. The standard InChI is InChI=1S/C21H24O2/c1-16-5-2-7-18(13-16)19-8-3-6-17(14-19)15-20-9-11-21(23-20)10-4-12-22-21/h2-3,5-8,13-14,20H,4,9-12,15H2,1H3. The largest absolute Gasteiger partial charge is 0.350 e. The highest BCUT2D eigenvalue weighted by molar-refractivity contribution is 5.64. The van der Waals surface area contributed by atoms with E-state index in [2.05, 4.69) is 55.5 Å². The predicted octanol–water partition coefficient (Wildman–Crippen LogP) is 4.89. The van der Waals surface area contributed by atoms with Gasteiger partial charge in [-0.15, -0.1) is 0 Å². The van der Waals surface area contributed by atoms with Gasteiger partial charge < -0.3 is 9.47 Å². The van der Waals surface area contributed by atoms with Crippen molar-refractivity contribution in [1.82, 2.24) is 0 Å². The van der Waals surface area contributed by atoms with Crippen molar-refractivity contribution >= 4 is 0 Å². The molecule has 0 aliphatic carbocycles. The third-order valence-corrected chi connectivity index (χ3v) is 5.04. The van der Waals surface area contributed by atoms with E-state index in [0.29, 0.717) is 6.10 Å². The summed E-state index contributed by atoms with van der Waals surface area (Å²) in [7, 11) is 0. The molecule has 2 nitrogen and oxygen atoms in total. The Morgan fingerprint density at radius 2 is 1.87 bits per heavy atom. The minimum absolute atomic E-state index is 0.251. The van der Waals surface area contributed by atoms with Crippen LogP contribution < -0.4 is 0 Å². The van der Waals surface area contributed by atoms with Gasteiger partial charge in [0.15, 0.2) is 5.79 Å². The first kappa shape index (κ1) is 14.9. The summed E-state index contributed by atoms with van der Waals surface area (Å²) in [4.78, 5) is 0. The van der Waals surface area contributed by atoms with Crippen LogP contribution in [0.2, 0.25) is 0 Å². The maximum Gasteiger partial charge on any atom is 0.168 e. The van der Waals surface area contributed by atoms with Crippen LogP contribution in [0.15, 0.2) is 48.5 Å². The normalized spacial score (nSPS) is 26.9. The molecular formula is C21H24O2. The Hall–Kier alpha value is -1.64. The molecule has 2 aromatic rings. The van der Waals surface area contributed by atoms with Gasteiger partial charge in [-0.2, -0.15) is 0 Å². The highest BCUT2D eigenvalue weighted by atomic mass is 16.7. The predicted molar refractivity (Wildman–Crippen MR) is 92.3 cm³/mol. The van der Waals surface area contributed by atoms with Crippen molar-refractivity contribution in [3.8, 4) is 11.1 Å². The molecule has 0 aromatic heterocycles. The number of aryl methyl sites for hydroxylation is 1. The first-order valence-electron chi connectivity index (χ1n) is 8.70. The topological polar surface area (TPSA) is 18.5 Å². The molecule has 1 spiro atoms. The number of benzene rings is 2. The van der Waals surface area contributed by atoms with Gasteiger partial charge in [0.25, 0.3) is 0 Å². The van der Waals surface area contributed by atoms with Gasteiger partial charge in [-0.3, -0.25) is 0 Å². The second kappa shape index (κ2) is 6.10. The van der Waals surface area contributed by atoms with Crippen molar-refractivity contribution in [2.75, 3.05) is 6.61 Å². The summed E-state index contributed by atoms with van der Waals surface area (Å²) in [6.45, 7) is 3.00. The second-order valence-corrected chi connectivity index (χ2v) is 6.92. The molecule has 4 rings (SSSR count). The molecule has 0 saturated carbocycles. The average molecular weight is 308 g/mol. The smallest absolute Gasteiger partial charge is 0.168 e. The monoisotopic (exact) mass is 308 g/mol. The molecule has 0 bridgehead atoms. The fraction of sp³-hybridized carbons (Fsp3) is 0.429. The molecule has 2 atom stereocenters. The van der Waals surface area contributed by atoms with E-state index in [1.165, 1.54) is 22.3 Å². The van der Waals surface area contributed by atoms with E-state index in [1.807, 2.05) is 0 Å². The lowest BCUT2D eigenvalue weighted by Gasteiger charge is -2.23. The van der Waals surface area contributed by atoms with E-state index >= 15 is 0 Å². The lowest BCUT2D eigenvalue weighted by atomic mass is 9.98. The highest BCUT2D eigenvalue weighted by Gasteiger charge is 2.43. The molecule has 2 aliphatic heterocycles. The lowest BCUT2D eigenvalue weighted by molar-refractivity contribution is -0.198. The molecule has 2 heteroatoms. The molecule has 0 amide bonds. The summed E-state index contributed by atoms with van der Waals surface area (Å²) in [6, 6.07) is 17.5. The molecule has 2 saturated heterocycles. The van der Waals surface area contributed by atoms with Crippen LogP contribution in [0.25, 0.3) is 11.1 Å². The summed E-state index contributed by atoms with van der Waals surface area (Å²) >= 11 is 0. The van der Waals surface area contributed by atoms with Crippen molar-refractivity contribution in [2.24, 2.45) is 0 Å². The van der Waals surface area contributed by atoms with Gasteiger partial charge in [-0.1, -0.05) is 54.1 Å². The van der Waals surface area contributed by atoms with Crippen LogP contribution >= 0.6 is 0 Å². The molecule has 23 heavy (non-hydrogen) atoms. The van der Waals surface area contributed by atoms with Gasteiger partial charge in [0, 0.05) is 12.8 Å². The molecule has 2 aromatic carbocycles. The Morgan fingerprint density at radius 1 is 1.04 bits per heavy atom. The minimum Gasteiger partial charge on any atom is -0.350 e. The number of ether oxygens (including phenoxy) is 2. The summed E-state index contributed by atoms with van der Waals surface area (Å²) < 4.78 is 12.1. The summed E-state index contributed by atoms with van der Waals surface area (Å²) in [5.74, 6) is -0.251. The third kappa shape index (κ3) is 3.19. The van der Waals surface area contributed by atoms with Crippen LogP contribution in [-0.4, -0.2) is 18.5 Å². The lowest BCUT2D eigenvalue weighted by Crippen LogP contribution is -2.28. The van der Waals surface area contributed by atoms with Crippen LogP contribution in [-0.2, 0) is 15.9 Å². The quantitative estimate of drug-likeness (QED) is 0.803. The maximum atomic E-state index is 6.26. The van der Waals surface area contributed by atoms with Gasteiger partial charge in [-0.05, 0) is 42.9 Å². The molecule has 2 fully saturated rings. The Morgan fingerprint density at radius 3 is 2.65 bits per heavy atom. The van der Waals surface area contributed by atoms with E-state index in [4.69, 9.17) is 9.47 Å². The summed E-state index contributed by atoms with van der Waals surface area (Å²) in [6.07, 6.45) is 5.62. The molecule has 2 heterocycles. The Balaban J connectivity index is 1.49. The average Bonchev–Trinajstić information content (AvgIpc) is 3.18. The minimum atomic E-state index is -0.251. The van der Waals surface area contributed by atoms with Gasteiger partial charge in [-0.25, -0.2) is 0 Å². The first-order chi connectivity index (χ1) is 11.2. The fourth-order valence-electron chi connectivity index (χ4n) is 3.87. The van der Waals surface area contributed by atoms with Gasteiger partial charge in [0.2, 0.25) is 0 Å². The zero-order chi connectivity index (χ0) is 15.7. The SMILES string of the molecule is Cc1cccc(-c2cccc(CC3CCC4(CCCO4)O3)c2)c1. The Kier molecular flexibility index (Phi) is 3.96. The van der Waals surface area contributed by atoms with Crippen molar-refractivity contribution in [3.63, 3.8) is 0 Å². The molecule has 2 unspecified atom stereocenters. The van der Waals surface area contributed by atoms with Crippen molar-refractivity contribution in [3.05, 3.63) is 59.7 Å². The van der Waals surface area contributed by atoms with Crippen LogP contribution in [0.3, 0.4) is 0 Å².